The number of amides is 1. The second-order valence-corrected chi connectivity index (χ2v) is 12.8. The zero-order chi connectivity index (χ0) is 34.6. The highest BCUT2D eigenvalue weighted by Crippen LogP contribution is 2.26. The second-order valence-electron chi connectivity index (χ2n) is 12.8. The molecule has 50 heavy (non-hydrogen) atoms. The van der Waals surface area contributed by atoms with Crippen LogP contribution in [0, 0.1) is 6.92 Å². The molecule has 0 aliphatic carbocycles. The first-order chi connectivity index (χ1) is 24.3. The van der Waals surface area contributed by atoms with Crippen LogP contribution < -0.4 is 26.1 Å². The Morgan fingerprint density at radius 2 is 1.74 bits per heavy atom. The van der Waals surface area contributed by atoms with Gasteiger partial charge in [0.1, 0.15) is 23.1 Å². The number of ether oxygens (including phenoxy) is 2. The summed E-state index contributed by atoms with van der Waals surface area (Å²) in [6.45, 7) is 5.02. The number of likely N-dealkylation sites (tertiary alicyclic amines) is 1. The Balaban J connectivity index is 1.03. The summed E-state index contributed by atoms with van der Waals surface area (Å²) in [7, 11) is 1.63. The van der Waals surface area contributed by atoms with Gasteiger partial charge in [-0.3, -0.25) is 14.5 Å². The number of aryl methyl sites for hydroxylation is 1. The van der Waals surface area contributed by atoms with Gasteiger partial charge in [-0.25, -0.2) is 4.98 Å². The lowest BCUT2D eigenvalue weighted by Gasteiger charge is -2.30. The summed E-state index contributed by atoms with van der Waals surface area (Å²) in [6.07, 6.45) is 5.95. The van der Waals surface area contributed by atoms with Crippen molar-refractivity contribution in [2.24, 2.45) is 5.73 Å². The van der Waals surface area contributed by atoms with Gasteiger partial charge in [-0.15, -0.1) is 0 Å². The van der Waals surface area contributed by atoms with Crippen molar-refractivity contribution in [3.63, 3.8) is 0 Å². The third-order valence-electron chi connectivity index (χ3n) is 8.98. The molecule has 3 heterocycles. The molecule has 1 unspecified atom stereocenters. The van der Waals surface area contributed by atoms with Crippen molar-refractivity contribution in [3.8, 4) is 22.9 Å². The summed E-state index contributed by atoms with van der Waals surface area (Å²) in [4.78, 5) is 33.8. The van der Waals surface area contributed by atoms with Crippen LogP contribution in [0.2, 0.25) is 0 Å². The highest BCUT2D eigenvalue weighted by molar-refractivity contribution is 6.04. The molecule has 6 aromatic rings. The molecule has 2 aromatic heterocycles. The van der Waals surface area contributed by atoms with Crippen LogP contribution in [0.15, 0.2) is 114 Å². The van der Waals surface area contributed by atoms with Crippen LogP contribution in [0.1, 0.15) is 40.3 Å². The third kappa shape index (κ3) is 7.46. The van der Waals surface area contributed by atoms with Gasteiger partial charge in [-0.1, -0.05) is 24.3 Å². The fourth-order valence-corrected chi connectivity index (χ4v) is 6.47. The molecule has 1 saturated heterocycles. The summed E-state index contributed by atoms with van der Waals surface area (Å²) in [5.41, 5.74) is 10.1. The Bertz CT molecular complexity index is 2210. The van der Waals surface area contributed by atoms with Gasteiger partial charge in [-0.2, -0.15) is 0 Å². The molecule has 0 spiro atoms. The minimum Gasteiger partial charge on any atom is -0.497 e. The number of carbonyl (C=O) groups excluding carboxylic acids is 1. The molecular weight excluding hydrogens is 628 g/mol. The van der Waals surface area contributed by atoms with E-state index in [0.29, 0.717) is 41.2 Å². The third-order valence-corrected chi connectivity index (χ3v) is 8.98. The largest absolute Gasteiger partial charge is 0.497 e. The van der Waals surface area contributed by atoms with Crippen molar-refractivity contribution in [1.29, 1.82) is 0 Å². The first-order valence-electron chi connectivity index (χ1n) is 16.8. The minimum absolute atomic E-state index is 0.0845. The molecule has 254 valence electrons. The molecule has 1 aliphatic heterocycles. The molecule has 4 aromatic carbocycles. The number of nitrogens with two attached hydrogens (primary N) is 1. The topological polar surface area (TPSA) is 117 Å². The second kappa shape index (κ2) is 14.4. The van der Waals surface area contributed by atoms with Gasteiger partial charge < -0.3 is 29.7 Å². The molecule has 1 atom stereocenters. The van der Waals surface area contributed by atoms with Crippen LogP contribution in [0.3, 0.4) is 0 Å². The monoisotopic (exact) mass is 668 g/mol. The van der Waals surface area contributed by atoms with Gasteiger partial charge in [-0.05, 0) is 110 Å². The van der Waals surface area contributed by atoms with Crippen LogP contribution in [-0.2, 0) is 13.1 Å². The van der Waals surface area contributed by atoms with Crippen LogP contribution >= 0.6 is 0 Å². The standard InChI is InChI=1S/C40H40N6O4/c1-27-23-46(38(42-27)26-44-18-5-7-31(41)25-44)33-9-4-8-32(22-33)43-39(47)30-6-3-10-35(21-30)50-36-15-16-37-29(20-36)17-19-45(40(37)48)24-28-11-13-34(49-2)14-12-28/h3-4,6,8-17,19-23,31H,5,7,18,24-26,41H2,1-2H3,(H,43,47). The number of nitrogens with one attached hydrogen (secondary N) is 1. The van der Waals surface area contributed by atoms with E-state index in [-0.39, 0.29) is 17.5 Å². The summed E-state index contributed by atoms with van der Waals surface area (Å²) in [5, 5.41) is 4.39. The van der Waals surface area contributed by atoms with Crippen LogP contribution in [0.25, 0.3) is 16.5 Å². The molecule has 1 fully saturated rings. The maximum absolute atomic E-state index is 13.4. The van der Waals surface area contributed by atoms with Crippen molar-refractivity contribution in [2.75, 3.05) is 25.5 Å². The smallest absolute Gasteiger partial charge is 0.258 e. The van der Waals surface area contributed by atoms with E-state index in [1.54, 1.807) is 54.3 Å². The number of hydrogen-bond acceptors (Lipinski definition) is 7. The minimum atomic E-state index is -0.257. The van der Waals surface area contributed by atoms with Crippen LogP contribution in [-0.4, -0.2) is 51.2 Å². The summed E-state index contributed by atoms with van der Waals surface area (Å²) in [5.74, 6) is 2.53. The van der Waals surface area contributed by atoms with Crippen molar-refractivity contribution >= 4 is 22.4 Å². The Hall–Kier alpha value is -5.71. The number of pyridine rings is 1. The molecule has 0 saturated carbocycles. The first kappa shape index (κ1) is 32.8. The lowest BCUT2D eigenvalue weighted by molar-refractivity contribution is 0.102. The van der Waals surface area contributed by atoms with Crippen LogP contribution in [0.5, 0.6) is 17.2 Å². The SMILES string of the molecule is COc1ccc(Cn2ccc3cc(Oc4cccc(C(=O)Nc5cccc(-n6cc(C)nc6CN6CCCC(N)C6)c5)c4)ccc3c2=O)cc1. The number of piperidine rings is 1. The van der Waals surface area contributed by atoms with Crippen LogP contribution in [0.4, 0.5) is 5.69 Å². The fourth-order valence-electron chi connectivity index (χ4n) is 6.47. The van der Waals surface area contributed by atoms with E-state index in [1.807, 2.05) is 73.8 Å². The van der Waals surface area contributed by atoms with E-state index < -0.39 is 0 Å². The Morgan fingerprint density at radius 3 is 2.56 bits per heavy atom. The molecule has 10 heteroatoms. The lowest BCUT2D eigenvalue weighted by Crippen LogP contribution is -2.42. The summed E-state index contributed by atoms with van der Waals surface area (Å²) in [6, 6.07) is 29.9. The number of methoxy groups -OCH3 is 1. The number of carbonyl (C=O) groups is 1. The van der Waals surface area contributed by atoms with E-state index in [0.717, 1.165) is 59.8 Å². The molecule has 10 nitrogen and oxygen atoms in total. The highest BCUT2D eigenvalue weighted by atomic mass is 16.5. The Kier molecular flexibility index (Phi) is 9.46. The van der Waals surface area contributed by atoms with Gasteiger partial charge in [0.15, 0.2) is 0 Å². The number of rotatable bonds is 10. The lowest BCUT2D eigenvalue weighted by atomic mass is 10.1. The maximum Gasteiger partial charge on any atom is 0.258 e. The number of hydrogen-bond donors (Lipinski definition) is 2. The van der Waals surface area contributed by atoms with E-state index in [4.69, 9.17) is 20.2 Å². The van der Waals surface area contributed by atoms with Crippen molar-refractivity contribution in [1.82, 2.24) is 19.0 Å². The molecule has 7 rings (SSSR count). The van der Waals surface area contributed by atoms with Gasteiger partial charge in [0.05, 0.1) is 25.9 Å². The maximum atomic E-state index is 13.4. The Morgan fingerprint density at radius 1 is 0.940 bits per heavy atom. The average Bonchev–Trinajstić information content (AvgIpc) is 3.49. The normalized spacial score (nSPS) is 14.8. The summed E-state index contributed by atoms with van der Waals surface area (Å²) >= 11 is 0. The highest BCUT2D eigenvalue weighted by Gasteiger charge is 2.20. The van der Waals surface area contributed by atoms with E-state index >= 15 is 0 Å². The molecular formula is C40H40N6O4. The van der Waals surface area contributed by atoms with Gasteiger partial charge in [0, 0.05) is 47.3 Å². The van der Waals surface area contributed by atoms with Gasteiger partial charge >= 0.3 is 0 Å². The number of anilines is 1. The zero-order valence-corrected chi connectivity index (χ0v) is 28.2. The molecule has 0 bridgehead atoms. The number of aromatic nitrogens is 3. The molecule has 0 radical (unpaired) electrons. The number of benzene rings is 4. The first-order valence-corrected chi connectivity index (χ1v) is 16.8. The van der Waals surface area contributed by atoms with Crippen molar-refractivity contribution < 1.29 is 14.3 Å². The quantitative estimate of drug-likeness (QED) is 0.171. The average molecular weight is 669 g/mol. The number of fused-ring (bicyclic) bond motifs is 1. The Labute approximate surface area is 290 Å². The fraction of sp³-hybridized carbons (Fsp3) is 0.225. The predicted octanol–water partition coefficient (Wildman–Crippen LogP) is 6.52. The summed E-state index contributed by atoms with van der Waals surface area (Å²) < 4.78 is 15.2. The van der Waals surface area contributed by atoms with Crippen molar-refractivity contribution in [2.45, 2.75) is 38.9 Å². The van der Waals surface area contributed by atoms with E-state index in [2.05, 4.69) is 14.8 Å². The van der Waals surface area contributed by atoms with Crippen molar-refractivity contribution in [3.05, 3.63) is 142 Å². The van der Waals surface area contributed by atoms with Gasteiger partial charge in [0.2, 0.25) is 0 Å². The molecule has 1 aliphatic rings. The molecule has 1 amide bonds. The zero-order valence-electron chi connectivity index (χ0n) is 28.2. The number of nitrogens with zero attached hydrogens (tertiary/aromatic N) is 4. The molecule has 3 N–H and O–H groups in total. The van der Waals surface area contributed by atoms with Gasteiger partial charge in [0.25, 0.3) is 11.5 Å². The predicted molar refractivity (Wildman–Crippen MR) is 196 cm³/mol. The van der Waals surface area contributed by atoms with E-state index in [9.17, 15) is 9.59 Å². The number of imidazole rings is 1. The van der Waals surface area contributed by atoms with E-state index in [1.165, 1.54) is 0 Å².